The Morgan fingerprint density at radius 2 is 1.95 bits per heavy atom. The highest BCUT2D eigenvalue weighted by molar-refractivity contribution is 6.31. The number of alkyl halides is 1. The summed E-state index contributed by atoms with van der Waals surface area (Å²) in [5.74, 6) is 0.101. The van der Waals surface area contributed by atoms with Gasteiger partial charge in [0.1, 0.15) is 11.6 Å². The molecule has 1 unspecified atom stereocenters. The summed E-state index contributed by atoms with van der Waals surface area (Å²) in [5.41, 5.74) is 1.99. The van der Waals surface area contributed by atoms with Gasteiger partial charge in [-0.2, -0.15) is 0 Å². The van der Waals surface area contributed by atoms with Gasteiger partial charge in [-0.1, -0.05) is 29.3 Å². The van der Waals surface area contributed by atoms with Crippen molar-refractivity contribution in [1.82, 2.24) is 9.55 Å². The van der Waals surface area contributed by atoms with Crippen molar-refractivity contribution < 1.29 is 4.39 Å². The van der Waals surface area contributed by atoms with Gasteiger partial charge in [0.25, 0.3) is 0 Å². The Bertz CT molecular complexity index is 827. The molecule has 0 fully saturated rings. The van der Waals surface area contributed by atoms with Crippen LogP contribution in [0, 0.1) is 5.82 Å². The zero-order valence-corrected chi connectivity index (χ0v) is 13.2. The standard InChI is InChI=1S/C15H10Cl3FN2/c1-8(16)15-20-13-7-12(19)11(18)6-14(13)21(15)10-4-2-3-9(17)5-10/h2-8H,1H3. The molecule has 2 aromatic carbocycles. The van der Waals surface area contributed by atoms with Crippen LogP contribution < -0.4 is 0 Å². The Morgan fingerprint density at radius 1 is 1.19 bits per heavy atom. The van der Waals surface area contributed by atoms with E-state index >= 15 is 0 Å². The first-order valence-electron chi connectivity index (χ1n) is 6.25. The second-order valence-corrected chi connectivity index (χ2v) is 6.15. The Hall–Kier alpha value is -1.29. The van der Waals surface area contributed by atoms with Gasteiger partial charge in [0.2, 0.25) is 0 Å². The predicted octanol–water partition coefficient (Wildman–Crippen LogP) is 5.77. The van der Waals surface area contributed by atoms with Gasteiger partial charge in [0, 0.05) is 16.8 Å². The molecule has 0 aliphatic rings. The lowest BCUT2D eigenvalue weighted by Gasteiger charge is -2.11. The largest absolute Gasteiger partial charge is 0.295 e. The van der Waals surface area contributed by atoms with Crippen LogP contribution in [0.15, 0.2) is 36.4 Å². The molecule has 0 amide bonds. The summed E-state index contributed by atoms with van der Waals surface area (Å²) in [6, 6.07) is 10.1. The summed E-state index contributed by atoms with van der Waals surface area (Å²) in [6.07, 6.45) is 0. The summed E-state index contributed by atoms with van der Waals surface area (Å²) in [4.78, 5) is 4.41. The summed E-state index contributed by atoms with van der Waals surface area (Å²) >= 11 is 18.1. The van der Waals surface area contributed by atoms with Crippen molar-refractivity contribution in [3.05, 3.63) is 58.1 Å². The lowest BCUT2D eigenvalue weighted by atomic mass is 10.2. The molecule has 1 heterocycles. The SMILES string of the molecule is CC(Cl)c1nc2cc(F)c(Cl)cc2n1-c1cccc(Cl)c1. The fraction of sp³-hybridized carbons (Fsp3) is 0.133. The van der Waals surface area contributed by atoms with Crippen LogP contribution in [0.4, 0.5) is 4.39 Å². The van der Waals surface area contributed by atoms with Crippen LogP contribution in [0.3, 0.4) is 0 Å². The molecule has 0 saturated heterocycles. The van der Waals surface area contributed by atoms with Crippen molar-refractivity contribution in [3.63, 3.8) is 0 Å². The van der Waals surface area contributed by atoms with E-state index in [1.165, 1.54) is 6.07 Å². The Kier molecular flexibility index (Phi) is 3.82. The molecule has 0 aliphatic heterocycles. The zero-order chi connectivity index (χ0) is 15.1. The number of benzene rings is 2. The molecular formula is C15H10Cl3FN2. The predicted molar refractivity (Wildman–Crippen MR) is 85.3 cm³/mol. The molecule has 108 valence electrons. The van der Waals surface area contributed by atoms with Crippen LogP contribution in [0.1, 0.15) is 18.1 Å². The maximum absolute atomic E-state index is 13.6. The van der Waals surface area contributed by atoms with Crippen LogP contribution in [0.2, 0.25) is 10.0 Å². The minimum Gasteiger partial charge on any atom is -0.295 e. The van der Waals surface area contributed by atoms with Crippen LogP contribution in [0.5, 0.6) is 0 Å². The molecule has 0 spiro atoms. The van der Waals surface area contributed by atoms with Gasteiger partial charge in [-0.3, -0.25) is 4.57 Å². The van der Waals surface area contributed by atoms with E-state index in [2.05, 4.69) is 4.98 Å². The molecular weight excluding hydrogens is 334 g/mol. The molecule has 0 saturated carbocycles. The topological polar surface area (TPSA) is 17.8 Å². The van der Waals surface area contributed by atoms with Gasteiger partial charge in [0.05, 0.1) is 21.4 Å². The second kappa shape index (κ2) is 5.48. The lowest BCUT2D eigenvalue weighted by Crippen LogP contribution is -2.01. The van der Waals surface area contributed by atoms with E-state index in [9.17, 15) is 4.39 Å². The van der Waals surface area contributed by atoms with Crippen molar-refractivity contribution >= 4 is 45.8 Å². The average Bonchev–Trinajstić information content (AvgIpc) is 2.78. The molecule has 1 aromatic heterocycles. The van der Waals surface area contributed by atoms with Crippen LogP contribution in [-0.2, 0) is 0 Å². The number of imidazole rings is 1. The van der Waals surface area contributed by atoms with Gasteiger partial charge in [-0.25, -0.2) is 9.37 Å². The third kappa shape index (κ3) is 2.61. The zero-order valence-electron chi connectivity index (χ0n) is 10.9. The monoisotopic (exact) mass is 342 g/mol. The molecule has 6 heteroatoms. The molecule has 0 aliphatic carbocycles. The Morgan fingerprint density at radius 3 is 2.62 bits per heavy atom. The highest BCUT2D eigenvalue weighted by atomic mass is 35.5. The fourth-order valence-electron chi connectivity index (χ4n) is 2.24. The molecule has 2 nitrogen and oxygen atoms in total. The molecule has 1 atom stereocenters. The lowest BCUT2D eigenvalue weighted by molar-refractivity contribution is 0.630. The van der Waals surface area contributed by atoms with E-state index in [0.717, 1.165) is 5.69 Å². The molecule has 0 N–H and O–H groups in total. The normalized spacial score (nSPS) is 12.8. The van der Waals surface area contributed by atoms with Gasteiger partial charge in [-0.05, 0) is 31.2 Å². The van der Waals surface area contributed by atoms with Crippen LogP contribution >= 0.6 is 34.8 Å². The minimum atomic E-state index is -0.506. The minimum absolute atomic E-state index is 0.0412. The van der Waals surface area contributed by atoms with Crippen molar-refractivity contribution in [1.29, 1.82) is 0 Å². The molecule has 3 aromatic rings. The summed E-state index contributed by atoms with van der Waals surface area (Å²) in [5, 5.41) is 0.286. The first kappa shape index (κ1) is 14.6. The van der Waals surface area contributed by atoms with E-state index in [-0.39, 0.29) is 10.4 Å². The van der Waals surface area contributed by atoms with E-state index in [1.54, 1.807) is 18.2 Å². The summed E-state index contributed by atoms with van der Waals surface area (Å²) < 4.78 is 15.5. The number of hydrogen-bond acceptors (Lipinski definition) is 1. The first-order valence-corrected chi connectivity index (χ1v) is 7.44. The number of aromatic nitrogens is 2. The summed E-state index contributed by atoms with van der Waals surface area (Å²) in [7, 11) is 0. The third-order valence-corrected chi connectivity index (χ3v) is 3.86. The smallest absolute Gasteiger partial charge is 0.144 e. The highest BCUT2D eigenvalue weighted by Gasteiger charge is 2.18. The fourth-order valence-corrected chi connectivity index (χ4v) is 2.73. The quantitative estimate of drug-likeness (QED) is 0.540. The average molecular weight is 344 g/mol. The second-order valence-electron chi connectivity index (χ2n) is 4.66. The van der Waals surface area contributed by atoms with Crippen LogP contribution in [0.25, 0.3) is 16.7 Å². The van der Waals surface area contributed by atoms with Crippen molar-refractivity contribution in [3.8, 4) is 5.69 Å². The number of nitrogens with zero attached hydrogens (tertiary/aromatic N) is 2. The van der Waals surface area contributed by atoms with Gasteiger partial charge < -0.3 is 0 Å². The van der Waals surface area contributed by atoms with Crippen LogP contribution in [-0.4, -0.2) is 9.55 Å². The molecule has 0 radical (unpaired) electrons. The van der Waals surface area contributed by atoms with Crippen molar-refractivity contribution in [2.45, 2.75) is 12.3 Å². The van der Waals surface area contributed by atoms with E-state index < -0.39 is 5.82 Å². The van der Waals surface area contributed by atoms with E-state index in [4.69, 9.17) is 34.8 Å². The number of halogens is 4. The molecule has 21 heavy (non-hydrogen) atoms. The van der Waals surface area contributed by atoms with Crippen molar-refractivity contribution in [2.75, 3.05) is 0 Å². The first-order chi connectivity index (χ1) is 9.97. The summed E-state index contributed by atoms with van der Waals surface area (Å²) in [6.45, 7) is 1.81. The number of hydrogen-bond donors (Lipinski definition) is 0. The number of rotatable bonds is 2. The molecule has 3 rings (SSSR count). The van der Waals surface area contributed by atoms with E-state index in [1.807, 2.05) is 23.6 Å². The maximum Gasteiger partial charge on any atom is 0.144 e. The molecule has 0 bridgehead atoms. The van der Waals surface area contributed by atoms with Gasteiger partial charge in [-0.15, -0.1) is 11.6 Å². The Balaban J connectivity index is 2.38. The van der Waals surface area contributed by atoms with Gasteiger partial charge in [0.15, 0.2) is 0 Å². The number of fused-ring (bicyclic) bond motifs is 1. The van der Waals surface area contributed by atoms with Gasteiger partial charge >= 0.3 is 0 Å². The highest BCUT2D eigenvalue weighted by Crippen LogP contribution is 2.31. The maximum atomic E-state index is 13.6. The Labute approximate surface area is 136 Å². The van der Waals surface area contributed by atoms with E-state index in [0.29, 0.717) is 21.9 Å². The van der Waals surface area contributed by atoms with Crippen molar-refractivity contribution in [2.24, 2.45) is 0 Å². The third-order valence-electron chi connectivity index (χ3n) is 3.14.